The predicted molar refractivity (Wildman–Crippen MR) is 113 cm³/mol. The molecule has 136 valence electrons. The number of aromatic nitrogens is 1. The van der Waals surface area contributed by atoms with Gasteiger partial charge in [-0.25, -0.2) is 4.98 Å². The number of aliphatic imine (C=N–C) groups is 1. The number of hydrogen-bond acceptors (Lipinski definition) is 4. The van der Waals surface area contributed by atoms with E-state index in [0.29, 0.717) is 0 Å². The third-order valence-corrected chi connectivity index (χ3v) is 5.96. The molecule has 2 aromatic heterocycles. The van der Waals surface area contributed by atoms with Gasteiger partial charge in [0, 0.05) is 49.4 Å². The minimum Gasteiger partial charge on any atom is -0.356 e. The molecule has 2 heterocycles. The Morgan fingerprint density at radius 3 is 2.69 bits per heavy atom. The SMILES string of the molecule is CN=C(NCCc1csc(-c2ccccc2)n1)N(C)CCc1cccs1. The second-order valence-corrected chi connectivity index (χ2v) is 7.88. The number of thiazole rings is 1. The number of hydrogen-bond donors (Lipinski definition) is 1. The molecule has 0 radical (unpaired) electrons. The molecule has 0 atom stereocenters. The molecule has 0 spiro atoms. The Morgan fingerprint density at radius 2 is 1.96 bits per heavy atom. The molecule has 26 heavy (non-hydrogen) atoms. The molecule has 0 unspecified atom stereocenters. The van der Waals surface area contributed by atoms with E-state index in [9.17, 15) is 0 Å². The zero-order valence-electron chi connectivity index (χ0n) is 15.2. The van der Waals surface area contributed by atoms with Gasteiger partial charge in [0.05, 0.1) is 5.69 Å². The van der Waals surface area contributed by atoms with Crippen LogP contribution < -0.4 is 5.32 Å². The van der Waals surface area contributed by atoms with Crippen molar-refractivity contribution in [1.82, 2.24) is 15.2 Å². The van der Waals surface area contributed by atoms with Crippen molar-refractivity contribution in [3.63, 3.8) is 0 Å². The van der Waals surface area contributed by atoms with Gasteiger partial charge in [-0.05, 0) is 17.9 Å². The molecule has 0 aliphatic carbocycles. The van der Waals surface area contributed by atoms with Gasteiger partial charge < -0.3 is 10.2 Å². The molecule has 3 rings (SSSR count). The summed E-state index contributed by atoms with van der Waals surface area (Å²) in [5, 5.41) is 8.79. The third kappa shape index (κ3) is 5.16. The summed E-state index contributed by atoms with van der Waals surface area (Å²) >= 11 is 3.51. The van der Waals surface area contributed by atoms with Crippen molar-refractivity contribution in [2.24, 2.45) is 4.99 Å². The Morgan fingerprint density at radius 1 is 1.12 bits per heavy atom. The molecule has 0 aliphatic heterocycles. The maximum Gasteiger partial charge on any atom is 0.193 e. The summed E-state index contributed by atoms with van der Waals surface area (Å²) in [6.07, 6.45) is 1.93. The highest BCUT2D eigenvalue weighted by Gasteiger charge is 2.08. The lowest BCUT2D eigenvalue weighted by molar-refractivity contribution is 0.487. The quantitative estimate of drug-likeness (QED) is 0.491. The Hall–Kier alpha value is -2.18. The van der Waals surface area contributed by atoms with Crippen molar-refractivity contribution in [2.45, 2.75) is 12.8 Å². The van der Waals surface area contributed by atoms with Crippen LogP contribution in [0.3, 0.4) is 0 Å². The molecule has 1 aromatic carbocycles. The van der Waals surface area contributed by atoms with Gasteiger partial charge in [-0.15, -0.1) is 22.7 Å². The minimum absolute atomic E-state index is 0.827. The summed E-state index contributed by atoms with van der Waals surface area (Å²) in [7, 11) is 3.92. The molecule has 0 amide bonds. The molecule has 0 saturated heterocycles. The van der Waals surface area contributed by atoms with Gasteiger partial charge in [-0.1, -0.05) is 36.4 Å². The molecule has 0 fully saturated rings. The molecule has 0 aliphatic rings. The molecule has 1 N–H and O–H groups in total. The van der Waals surface area contributed by atoms with Crippen LogP contribution in [0.5, 0.6) is 0 Å². The van der Waals surface area contributed by atoms with Crippen molar-refractivity contribution in [1.29, 1.82) is 0 Å². The normalized spacial score (nSPS) is 11.5. The fraction of sp³-hybridized carbons (Fsp3) is 0.300. The van der Waals surface area contributed by atoms with Crippen LogP contribution in [-0.4, -0.2) is 43.0 Å². The van der Waals surface area contributed by atoms with Crippen molar-refractivity contribution in [2.75, 3.05) is 27.2 Å². The Bertz CT molecular complexity index is 809. The lowest BCUT2D eigenvalue weighted by Crippen LogP contribution is -2.40. The van der Waals surface area contributed by atoms with E-state index in [1.54, 1.807) is 22.7 Å². The molecule has 6 heteroatoms. The monoisotopic (exact) mass is 384 g/mol. The van der Waals surface area contributed by atoms with E-state index in [1.807, 2.05) is 25.2 Å². The highest BCUT2D eigenvalue weighted by molar-refractivity contribution is 7.13. The van der Waals surface area contributed by atoms with Gasteiger partial charge in [-0.3, -0.25) is 4.99 Å². The average Bonchev–Trinajstić information content (AvgIpc) is 3.36. The Kier molecular flexibility index (Phi) is 6.80. The lowest BCUT2D eigenvalue weighted by Gasteiger charge is -2.21. The second-order valence-electron chi connectivity index (χ2n) is 5.98. The standard InChI is InChI=1S/C20H24N4S2/c1-21-20(24(2)13-11-18-9-6-14-25-18)22-12-10-17-15-26-19(23-17)16-7-4-3-5-8-16/h3-9,14-15H,10-13H2,1-2H3,(H,21,22). The average molecular weight is 385 g/mol. The van der Waals surface area contributed by atoms with Crippen LogP contribution in [0, 0.1) is 0 Å². The molecule has 0 saturated carbocycles. The molecule has 3 aromatic rings. The number of nitrogens with one attached hydrogen (secondary N) is 1. The summed E-state index contributed by atoms with van der Waals surface area (Å²) in [6.45, 7) is 1.78. The van der Waals surface area contributed by atoms with Crippen molar-refractivity contribution in [3.8, 4) is 10.6 Å². The van der Waals surface area contributed by atoms with Crippen molar-refractivity contribution >= 4 is 28.6 Å². The van der Waals surface area contributed by atoms with Crippen molar-refractivity contribution < 1.29 is 0 Å². The maximum atomic E-state index is 4.74. The number of rotatable bonds is 7. The van der Waals surface area contributed by atoms with E-state index in [-0.39, 0.29) is 0 Å². The van der Waals surface area contributed by atoms with Gasteiger partial charge in [-0.2, -0.15) is 0 Å². The largest absolute Gasteiger partial charge is 0.356 e. The first-order chi connectivity index (χ1) is 12.8. The molecule has 0 bridgehead atoms. The summed E-state index contributed by atoms with van der Waals surface area (Å²) < 4.78 is 0. The van der Waals surface area contributed by atoms with E-state index >= 15 is 0 Å². The van der Waals surface area contributed by atoms with Gasteiger partial charge in [0.15, 0.2) is 5.96 Å². The smallest absolute Gasteiger partial charge is 0.193 e. The number of guanidine groups is 1. The Balaban J connectivity index is 1.46. The number of thiophene rings is 1. The summed E-state index contributed by atoms with van der Waals surface area (Å²) in [5.41, 5.74) is 2.30. The summed E-state index contributed by atoms with van der Waals surface area (Å²) in [4.78, 5) is 12.7. The van der Waals surface area contributed by atoms with Crippen LogP contribution in [0.4, 0.5) is 0 Å². The van der Waals surface area contributed by atoms with E-state index in [1.165, 1.54) is 10.4 Å². The fourth-order valence-corrected chi connectivity index (χ4v) is 4.22. The van der Waals surface area contributed by atoms with Crippen LogP contribution in [0.2, 0.25) is 0 Å². The van der Waals surface area contributed by atoms with Crippen LogP contribution in [0.25, 0.3) is 10.6 Å². The summed E-state index contributed by atoms with van der Waals surface area (Å²) in [6, 6.07) is 14.6. The minimum atomic E-state index is 0.827. The second kappa shape index (κ2) is 9.50. The lowest BCUT2D eigenvalue weighted by atomic mass is 10.2. The molecular formula is C20H24N4S2. The van der Waals surface area contributed by atoms with Crippen LogP contribution in [-0.2, 0) is 12.8 Å². The number of likely N-dealkylation sites (N-methyl/N-ethyl adjacent to an activating group) is 1. The highest BCUT2D eigenvalue weighted by Crippen LogP contribution is 2.23. The zero-order valence-corrected chi connectivity index (χ0v) is 16.8. The van der Waals surface area contributed by atoms with Crippen molar-refractivity contribution in [3.05, 3.63) is 63.8 Å². The molecule has 4 nitrogen and oxygen atoms in total. The maximum absolute atomic E-state index is 4.74. The first kappa shape index (κ1) is 18.6. The van der Waals surface area contributed by atoms with E-state index < -0.39 is 0 Å². The zero-order chi connectivity index (χ0) is 18.2. The molecular weight excluding hydrogens is 360 g/mol. The van der Waals surface area contributed by atoms with Gasteiger partial charge in [0.25, 0.3) is 0 Å². The summed E-state index contributed by atoms with van der Waals surface area (Å²) in [5.74, 6) is 0.931. The van der Waals surface area contributed by atoms with Crippen LogP contribution in [0.15, 0.2) is 58.2 Å². The van der Waals surface area contributed by atoms with Crippen LogP contribution in [0.1, 0.15) is 10.6 Å². The number of benzene rings is 1. The third-order valence-electron chi connectivity index (χ3n) is 4.08. The van der Waals surface area contributed by atoms with Crippen LogP contribution >= 0.6 is 22.7 Å². The van der Waals surface area contributed by atoms with E-state index in [0.717, 1.165) is 42.6 Å². The Labute approximate surface area is 163 Å². The number of nitrogens with zero attached hydrogens (tertiary/aromatic N) is 3. The van der Waals surface area contributed by atoms with Gasteiger partial charge in [0.1, 0.15) is 5.01 Å². The first-order valence-electron chi connectivity index (χ1n) is 8.70. The van der Waals surface area contributed by atoms with Gasteiger partial charge in [0.2, 0.25) is 0 Å². The topological polar surface area (TPSA) is 40.5 Å². The first-order valence-corrected chi connectivity index (χ1v) is 10.5. The van der Waals surface area contributed by atoms with E-state index in [4.69, 9.17) is 4.98 Å². The van der Waals surface area contributed by atoms with Gasteiger partial charge >= 0.3 is 0 Å². The highest BCUT2D eigenvalue weighted by atomic mass is 32.1. The fourth-order valence-electron chi connectivity index (χ4n) is 2.66. The van der Waals surface area contributed by atoms with E-state index in [2.05, 4.69) is 57.3 Å². The predicted octanol–water partition coefficient (Wildman–Crippen LogP) is 4.16.